The predicted octanol–water partition coefficient (Wildman–Crippen LogP) is 4.39. The highest BCUT2D eigenvalue weighted by atomic mass is 16.3. The van der Waals surface area contributed by atoms with Gasteiger partial charge in [0.05, 0.1) is 0 Å². The quantitative estimate of drug-likeness (QED) is 0.603. The van der Waals surface area contributed by atoms with E-state index in [9.17, 15) is 5.11 Å². The molecule has 0 aliphatic rings. The minimum atomic E-state index is 0.213. The molecule has 0 bridgehead atoms. The fourth-order valence-electron chi connectivity index (χ4n) is 2.56. The summed E-state index contributed by atoms with van der Waals surface area (Å²) in [5.74, 6) is 0.763. The van der Waals surface area contributed by atoms with Crippen molar-refractivity contribution in [2.45, 2.75) is 72.6 Å². The van der Waals surface area contributed by atoms with Crippen molar-refractivity contribution in [3.8, 4) is 0 Å². The molecule has 0 fully saturated rings. The molecule has 2 unspecified atom stereocenters. The van der Waals surface area contributed by atoms with Crippen LogP contribution >= 0.6 is 0 Å². The molecular weight excluding hydrogens is 184 g/mol. The van der Waals surface area contributed by atoms with Gasteiger partial charge < -0.3 is 5.11 Å². The molecule has 1 heteroatoms. The van der Waals surface area contributed by atoms with Crippen molar-refractivity contribution in [1.29, 1.82) is 0 Å². The van der Waals surface area contributed by atoms with E-state index in [1.54, 1.807) is 0 Å². The van der Waals surface area contributed by atoms with Crippen molar-refractivity contribution >= 4 is 0 Å². The Balaban J connectivity index is 4.21. The van der Waals surface area contributed by atoms with Crippen molar-refractivity contribution < 1.29 is 5.11 Å². The first-order valence-electron chi connectivity index (χ1n) is 6.75. The van der Waals surface area contributed by atoms with E-state index in [0.29, 0.717) is 6.61 Å². The molecule has 2 atom stereocenters. The van der Waals surface area contributed by atoms with Crippen LogP contribution in [0.4, 0.5) is 0 Å². The smallest absolute Gasteiger partial charge is 0.0487 e. The number of rotatable bonds is 9. The molecule has 1 N–H and O–H groups in total. The van der Waals surface area contributed by atoms with Crippen molar-refractivity contribution in [2.75, 3.05) is 6.61 Å². The van der Waals surface area contributed by atoms with Crippen molar-refractivity contribution in [2.24, 2.45) is 11.3 Å². The van der Waals surface area contributed by atoms with Crippen LogP contribution in [-0.4, -0.2) is 11.7 Å². The summed E-state index contributed by atoms with van der Waals surface area (Å²) < 4.78 is 0. The second kappa shape index (κ2) is 8.15. The van der Waals surface area contributed by atoms with Gasteiger partial charge in [-0.05, 0) is 30.6 Å². The number of hydrogen-bond acceptors (Lipinski definition) is 1. The highest BCUT2D eigenvalue weighted by molar-refractivity contribution is 4.79. The van der Waals surface area contributed by atoms with Crippen LogP contribution in [-0.2, 0) is 0 Å². The zero-order valence-corrected chi connectivity index (χ0v) is 11.2. The summed E-state index contributed by atoms with van der Waals surface area (Å²) in [5, 5.41) is 9.62. The van der Waals surface area contributed by atoms with Gasteiger partial charge in [0, 0.05) is 6.61 Å². The van der Waals surface area contributed by atoms with Gasteiger partial charge in [-0.1, -0.05) is 53.4 Å². The summed E-state index contributed by atoms with van der Waals surface area (Å²) in [5.41, 5.74) is 0.213. The van der Waals surface area contributed by atoms with Gasteiger partial charge in [0.2, 0.25) is 0 Å². The van der Waals surface area contributed by atoms with Gasteiger partial charge in [-0.2, -0.15) is 0 Å². The van der Waals surface area contributed by atoms with Crippen LogP contribution in [0.5, 0.6) is 0 Å². The van der Waals surface area contributed by atoms with Gasteiger partial charge >= 0.3 is 0 Å². The van der Waals surface area contributed by atoms with Gasteiger partial charge in [-0.3, -0.25) is 0 Å². The third-order valence-corrected chi connectivity index (χ3v) is 3.71. The van der Waals surface area contributed by atoms with Gasteiger partial charge in [0.15, 0.2) is 0 Å². The number of hydrogen-bond donors (Lipinski definition) is 1. The highest BCUT2D eigenvalue weighted by Crippen LogP contribution is 2.36. The second-order valence-corrected chi connectivity index (χ2v) is 5.21. The molecule has 1 nitrogen and oxygen atoms in total. The molecule has 0 spiro atoms. The number of aliphatic hydroxyl groups excluding tert-OH is 1. The Morgan fingerprint density at radius 1 is 1.13 bits per heavy atom. The minimum absolute atomic E-state index is 0.213. The molecule has 0 aliphatic heterocycles. The molecule has 0 saturated heterocycles. The van der Waals surface area contributed by atoms with Gasteiger partial charge in [-0.15, -0.1) is 0 Å². The third kappa shape index (κ3) is 5.55. The first-order valence-corrected chi connectivity index (χ1v) is 6.75. The van der Waals surface area contributed by atoms with E-state index in [1.807, 2.05) is 0 Å². The molecule has 0 rings (SSSR count). The molecule has 92 valence electrons. The van der Waals surface area contributed by atoms with Gasteiger partial charge in [0.25, 0.3) is 0 Å². The Morgan fingerprint density at radius 3 is 2.20 bits per heavy atom. The number of aliphatic hydroxyl groups is 1. The monoisotopic (exact) mass is 214 g/mol. The lowest BCUT2D eigenvalue weighted by molar-refractivity contribution is 0.0799. The van der Waals surface area contributed by atoms with E-state index in [-0.39, 0.29) is 5.41 Å². The maximum Gasteiger partial charge on any atom is 0.0487 e. The van der Waals surface area contributed by atoms with Crippen LogP contribution in [0.2, 0.25) is 0 Å². The lowest BCUT2D eigenvalue weighted by Gasteiger charge is -2.33. The maximum atomic E-state index is 9.62. The predicted molar refractivity (Wildman–Crippen MR) is 68.0 cm³/mol. The zero-order valence-electron chi connectivity index (χ0n) is 11.2. The third-order valence-electron chi connectivity index (χ3n) is 3.71. The Kier molecular flexibility index (Phi) is 8.13. The Labute approximate surface area is 96.3 Å². The summed E-state index contributed by atoms with van der Waals surface area (Å²) in [6.45, 7) is 9.40. The van der Waals surface area contributed by atoms with Crippen LogP contribution in [0.1, 0.15) is 72.6 Å². The average molecular weight is 214 g/mol. The topological polar surface area (TPSA) is 20.2 Å². The molecule has 0 aromatic rings. The van der Waals surface area contributed by atoms with E-state index < -0.39 is 0 Å². The van der Waals surface area contributed by atoms with E-state index in [2.05, 4.69) is 27.7 Å². The fraction of sp³-hybridized carbons (Fsp3) is 1.00. The van der Waals surface area contributed by atoms with E-state index in [0.717, 1.165) is 12.3 Å². The summed E-state index contributed by atoms with van der Waals surface area (Å²) in [7, 11) is 0. The summed E-state index contributed by atoms with van der Waals surface area (Å²) in [6.07, 6.45) is 8.58. The molecular formula is C14H30O. The van der Waals surface area contributed by atoms with Crippen LogP contribution in [0.15, 0.2) is 0 Å². The van der Waals surface area contributed by atoms with Crippen LogP contribution in [0, 0.1) is 11.3 Å². The van der Waals surface area contributed by atoms with Crippen LogP contribution in [0.25, 0.3) is 0 Å². The normalized spacial score (nSPS) is 17.4. The standard InChI is InChI=1S/C14H30O/c1-5-8-10-14(7-3,12-15)11-13(4)9-6-2/h13,15H,5-12H2,1-4H3. The number of unbranched alkanes of at least 4 members (excludes halogenated alkanes) is 1. The maximum absolute atomic E-state index is 9.62. The molecule has 0 aromatic heterocycles. The van der Waals surface area contributed by atoms with E-state index in [4.69, 9.17) is 0 Å². The highest BCUT2D eigenvalue weighted by Gasteiger charge is 2.28. The average Bonchev–Trinajstić information content (AvgIpc) is 2.25. The Bertz CT molecular complexity index is 138. The lowest BCUT2D eigenvalue weighted by atomic mass is 9.73. The minimum Gasteiger partial charge on any atom is -0.396 e. The molecule has 0 heterocycles. The van der Waals surface area contributed by atoms with Crippen molar-refractivity contribution in [1.82, 2.24) is 0 Å². The zero-order chi connectivity index (χ0) is 11.7. The second-order valence-electron chi connectivity index (χ2n) is 5.21. The molecule has 0 saturated carbocycles. The summed E-state index contributed by atoms with van der Waals surface area (Å²) >= 11 is 0. The largest absolute Gasteiger partial charge is 0.396 e. The van der Waals surface area contributed by atoms with Crippen LogP contribution in [0.3, 0.4) is 0 Å². The lowest BCUT2D eigenvalue weighted by Crippen LogP contribution is -2.27. The van der Waals surface area contributed by atoms with Gasteiger partial charge in [-0.25, -0.2) is 0 Å². The summed E-state index contributed by atoms with van der Waals surface area (Å²) in [4.78, 5) is 0. The molecule has 15 heavy (non-hydrogen) atoms. The molecule has 0 radical (unpaired) electrons. The van der Waals surface area contributed by atoms with E-state index >= 15 is 0 Å². The first kappa shape index (κ1) is 15.0. The van der Waals surface area contributed by atoms with Gasteiger partial charge in [0.1, 0.15) is 0 Å². The first-order chi connectivity index (χ1) is 7.14. The van der Waals surface area contributed by atoms with Crippen molar-refractivity contribution in [3.05, 3.63) is 0 Å². The van der Waals surface area contributed by atoms with Crippen LogP contribution < -0.4 is 0 Å². The molecule has 0 amide bonds. The molecule has 0 aromatic carbocycles. The Morgan fingerprint density at radius 2 is 1.80 bits per heavy atom. The van der Waals surface area contributed by atoms with Crippen molar-refractivity contribution in [3.63, 3.8) is 0 Å². The summed E-state index contributed by atoms with van der Waals surface area (Å²) in [6, 6.07) is 0. The SMILES string of the molecule is CCCCC(CC)(CO)CC(C)CCC. The fourth-order valence-corrected chi connectivity index (χ4v) is 2.56. The molecule has 0 aliphatic carbocycles. The van der Waals surface area contributed by atoms with E-state index in [1.165, 1.54) is 38.5 Å². The Hall–Kier alpha value is -0.0400.